The molecule has 0 spiro atoms. The van der Waals surface area contributed by atoms with Gasteiger partial charge >= 0.3 is 6.18 Å². The lowest BCUT2D eigenvalue weighted by atomic mass is 10.1. The molecule has 0 aliphatic carbocycles. The first-order chi connectivity index (χ1) is 3.25. The highest BCUT2D eigenvalue weighted by Gasteiger charge is 2.45. The van der Waals surface area contributed by atoms with Crippen LogP contribution in [0.3, 0.4) is 0 Å². The van der Waals surface area contributed by atoms with Crippen LogP contribution in [-0.2, 0) is 0 Å². The van der Waals surface area contributed by atoms with Gasteiger partial charge < -0.3 is 11.3 Å². The van der Waals surface area contributed by atoms with Gasteiger partial charge in [-0.05, 0) is 13.8 Å². The Morgan fingerprint density at radius 2 is 1.22 bits per heavy atom. The Bertz CT molecular complexity index is 70.8. The van der Waals surface area contributed by atoms with E-state index in [4.69, 9.17) is 5.11 Å². The molecule has 0 aliphatic rings. The van der Waals surface area contributed by atoms with Gasteiger partial charge in [-0.15, -0.1) is 0 Å². The summed E-state index contributed by atoms with van der Waals surface area (Å²) in [6.07, 6.45) is -4.51. The van der Waals surface area contributed by atoms with Gasteiger partial charge in [0.05, 0.1) is 0 Å². The zero-order valence-electron chi connectivity index (χ0n) is 5.29. The Morgan fingerprint density at radius 3 is 1.22 bits per heavy atom. The first kappa shape index (κ1) is 11.5. The fraction of sp³-hybridized carbons (Fsp3) is 1.00. The van der Waals surface area contributed by atoms with Crippen LogP contribution in [0.5, 0.6) is 0 Å². The molecule has 0 saturated carbocycles. The number of aliphatic hydroxyl groups is 1. The molecule has 0 aliphatic heterocycles. The summed E-state index contributed by atoms with van der Waals surface area (Å²) in [6, 6.07) is 0. The molecule has 0 fully saturated rings. The Kier molecular flexibility index (Phi) is 3.23. The average Bonchev–Trinajstić information content (AvgIpc) is 1.25. The monoisotopic (exact) mass is 145 g/mol. The van der Waals surface area contributed by atoms with Crippen LogP contribution < -0.4 is 6.15 Å². The Balaban J connectivity index is 0. The quantitative estimate of drug-likeness (QED) is 0.542. The topological polar surface area (TPSA) is 55.2 Å². The molecule has 5 heteroatoms. The highest BCUT2D eigenvalue weighted by molar-refractivity contribution is 4.74. The lowest BCUT2D eigenvalue weighted by Crippen LogP contribution is -2.38. The van der Waals surface area contributed by atoms with Crippen LogP contribution in [0.4, 0.5) is 13.2 Å². The Morgan fingerprint density at radius 1 is 1.11 bits per heavy atom. The Hall–Kier alpha value is -0.290. The van der Waals surface area contributed by atoms with Crippen LogP contribution in [0.1, 0.15) is 13.8 Å². The van der Waals surface area contributed by atoms with Gasteiger partial charge in [0.15, 0.2) is 5.60 Å². The van der Waals surface area contributed by atoms with E-state index in [1.165, 1.54) is 0 Å². The van der Waals surface area contributed by atoms with Crippen molar-refractivity contribution in [2.24, 2.45) is 0 Å². The summed E-state index contributed by atoms with van der Waals surface area (Å²) in [6.45, 7) is 1.40. The van der Waals surface area contributed by atoms with Gasteiger partial charge in [-0.25, -0.2) is 0 Å². The summed E-state index contributed by atoms with van der Waals surface area (Å²) >= 11 is 0. The average molecular weight is 145 g/mol. The number of rotatable bonds is 0. The molecule has 9 heavy (non-hydrogen) atoms. The molecule has 0 rings (SSSR count). The minimum absolute atomic E-state index is 0. The standard InChI is InChI=1S/C4H7F3O.H3N/c1-3(2,8)4(5,6)7;/h8H,1-2H3;1H3. The molecule has 0 bridgehead atoms. The van der Waals surface area contributed by atoms with Gasteiger partial charge in [0.25, 0.3) is 0 Å². The normalized spacial score (nSPS) is 12.7. The fourth-order valence-corrected chi connectivity index (χ4v) is 0. The minimum Gasteiger partial charge on any atom is -0.381 e. The number of alkyl halides is 3. The third-order valence-electron chi connectivity index (χ3n) is 0.694. The van der Waals surface area contributed by atoms with Crippen molar-refractivity contribution in [2.45, 2.75) is 25.6 Å². The lowest BCUT2D eigenvalue weighted by molar-refractivity contribution is -0.245. The van der Waals surface area contributed by atoms with E-state index in [-0.39, 0.29) is 6.15 Å². The van der Waals surface area contributed by atoms with Crippen molar-refractivity contribution in [2.75, 3.05) is 0 Å². The van der Waals surface area contributed by atoms with Crippen LogP contribution in [0.2, 0.25) is 0 Å². The SMILES string of the molecule is CC(C)(O)C(F)(F)F.N. The van der Waals surface area contributed by atoms with Crippen LogP contribution in [0.25, 0.3) is 0 Å². The van der Waals surface area contributed by atoms with Crippen molar-refractivity contribution < 1.29 is 18.3 Å². The van der Waals surface area contributed by atoms with Crippen LogP contribution in [0.15, 0.2) is 0 Å². The van der Waals surface area contributed by atoms with Gasteiger partial charge in [-0.1, -0.05) is 0 Å². The van der Waals surface area contributed by atoms with E-state index in [2.05, 4.69) is 0 Å². The molecular weight excluding hydrogens is 135 g/mol. The van der Waals surface area contributed by atoms with Crippen LogP contribution >= 0.6 is 0 Å². The fourth-order valence-electron chi connectivity index (χ4n) is 0. The number of hydrogen-bond donors (Lipinski definition) is 2. The second-order valence-corrected chi connectivity index (χ2v) is 2.06. The number of halogens is 3. The van der Waals surface area contributed by atoms with Gasteiger partial charge in [-0.3, -0.25) is 0 Å². The van der Waals surface area contributed by atoms with Gasteiger partial charge in [0, 0.05) is 0 Å². The molecule has 4 N–H and O–H groups in total. The van der Waals surface area contributed by atoms with Crippen molar-refractivity contribution in [1.29, 1.82) is 0 Å². The van der Waals surface area contributed by atoms with Crippen molar-refractivity contribution in [1.82, 2.24) is 6.15 Å². The summed E-state index contributed by atoms with van der Waals surface area (Å²) in [7, 11) is 0. The first-order valence-electron chi connectivity index (χ1n) is 2.04. The van der Waals surface area contributed by atoms with Gasteiger partial charge in [0.2, 0.25) is 0 Å². The molecule has 0 atom stereocenters. The van der Waals surface area contributed by atoms with Crippen molar-refractivity contribution in [3.63, 3.8) is 0 Å². The summed E-state index contributed by atoms with van der Waals surface area (Å²) in [5.74, 6) is 0. The van der Waals surface area contributed by atoms with E-state index < -0.39 is 11.8 Å². The van der Waals surface area contributed by atoms with E-state index in [1.807, 2.05) is 0 Å². The zero-order valence-corrected chi connectivity index (χ0v) is 5.29. The minimum atomic E-state index is -4.51. The van der Waals surface area contributed by atoms with Crippen molar-refractivity contribution in [3.05, 3.63) is 0 Å². The third-order valence-corrected chi connectivity index (χ3v) is 0.694. The van der Waals surface area contributed by atoms with Crippen LogP contribution in [-0.4, -0.2) is 16.9 Å². The van der Waals surface area contributed by atoms with E-state index >= 15 is 0 Å². The summed E-state index contributed by atoms with van der Waals surface area (Å²) in [4.78, 5) is 0. The maximum absolute atomic E-state index is 11.3. The maximum Gasteiger partial charge on any atom is 0.416 e. The summed E-state index contributed by atoms with van der Waals surface area (Å²) < 4.78 is 33.9. The van der Waals surface area contributed by atoms with Gasteiger partial charge in [-0.2, -0.15) is 13.2 Å². The molecule has 2 nitrogen and oxygen atoms in total. The second kappa shape index (κ2) is 2.53. The first-order valence-corrected chi connectivity index (χ1v) is 2.04. The molecular formula is C4H10F3NO. The molecule has 0 unspecified atom stereocenters. The van der Waals surface area contributed by atoms with E-state index in [0.717, 1.165) is 0 Å². The predicted molar refractivity (Wildman–Crippen MR) is 27.4 cm³/mol. The number of hydrogen-bond acceptors (Lipinski definition) is 2. The summed E-state index contributed by atoms with van der Waals surface area (Å²) in [5, 5.41) is 8.23. The molecule has 0 aromatic rings. The Labute approximate surface area is 51.3 Å². The van der Waals surface area contributed by atoms with E-state index in [1.54, 1.807) is 0 Å². The predicted octanol–water partition coefficient (Wildman–Crippen LogP) is 1.48. The summed E-state index contributed by atoms with van der Waals surface area (Å²) in [5.41, 5.74) is -2.56. The van der Waals surface area contributed by atoms with Crippen LogP contribution in [0, 0.1) is 0 Å². The van der Waals surface area contributed by atoms with E-state index in [9.17, 15) is 13.2 Å². The van der Waals surface area contributed by atoms with Crippen molar-refractivity contribution in [3.8, 4) is 0 Å². The molecule has 0 aromatic carbocycles. The smallest absolute Gasteiger partial charge is 0.381 e. The molecule has 0 saturated heterocycles. The molecule has 0 heterocycles. The van der Waals surface area contributed by atoms with Gasteiger partial charge in [0.1, 0.15) is 0 Å². The van der Waals surface area contributed by atoms with Crippen molar-refractivity contribution >= 4 is 0 Å². The highest BCUT2D eigenvalue weighted by atomic mass is 19.4. The molecule has 0 amide bonds. The zero-order chi connectivity index (χ0) is 7.00. The largest absolute Gasteiger partial charge is 0.416 e. The lowest BCUT2D eigenvalue weighted by Gasteiger charge is -2.20. The highest BCUT2D eigenvalue weighted by Crippen LogP contribution is 2.28. The molecule has 0 aromatic heterocycles. The third kappa shape index (κ3) is 3.31. The second-order valence-electron chi connectivity index (χ2n) is 2.06. The van der Waals surface area contributed by atoms with E-state index in [0.29, 0.717) is 13.8 Å². The maximum atomic E-state index is 11.3. The molecule has 0 radical (unpaired) electrons. The molecule has 58 valence electrons.